The second kappa shape index (κ2) is 7.29. The lowest BCUT2D eigenvalue weighted by Gasteiger charge is -2.06. The molecule has 2 nitrogen and oxygen atoms in total. The predicted octanol–water partition coefficient (Wildman–Crippen LogP) is 4.86. The first-order chi connectivity index (χ1) is 9.81. The van der Waals surface area contributed by atoms with Crippen LogP contribution in [0.5, 0.6) is 11.5 Å². The van der Waals surface area contributed by atoms with Crippen molar-refractivity contribution in [3.05, 3.63) is 65.7 Å². The highest BCUT2D eigenvalue weighted by atomic mass is 16.5. The zero-order chi connectivity index (χ0) is 14.2. The predicted molar refractivity (Wildman–Crippen MR) is 81.9 cm³/mol. The largest absolute Gasteiger partial charge is 0.457 e. The number of rotatable bonds is 6. The van der Waals surface area contributed by atoms with Crippen LogP contribution in [-0.4, -0.2) is 6.29 Å². The lowest BCUT2D eigenvalue weighted by atomic mass is 10.1. The molecule has 0 aliphatic rings. The minimum atomic E-state index is 0.770. The zero-order valence-corrected chi connectivity index (χ0v) is 11.6. The number of aldehydes is 1. The monoisotopic (exact) mass is 266 g/mol. The van der Waals surface area contributed by atoms with Gasteiger partial charge in [-0.1, -0.05) is 43.7 Å². The van der Waals surface area contributed by atoms with Crippen LogP contribution in [0, 0.1) is 0 Å². The van der Waals surface area contributed by atoms with Crippen LogP contribution in [0.1, 0.15) is 25.3 Å². The molecule has 0 bridgehead atoms. The number of hydrogen-bond donors (Lipinski definition) is 0. The fourth-order valence-corrected chi connectivity index (χ4v) is 1.96. The van der Waals surface area contributed by atoms with Crippen LogP contribution in [0.3, 0.4) is 0 Å². The van der Waals surface area contributed by atoms with Crippen LogP contribution in [0.15, 0.2) is 60.2 Å². The molecule has 20 heavy (non-hydrogen) atoms. The van der Waals surface area contributed by atoms with Gasteiger partial charge in [0.25, 0.3) is 0 Å². The summed E-state index contributed by atoms with van der Waals surface area (Å²) in [7, 11) is 0. The average molecular weight is 266 g/mol. The number of carbonyl (C=O) groups excluding carboxylic acids is 1. The van der Waals surface area contributed by atoms with Gasteiger partial charge >= 0.3 is 0 Å². The summed E-state index contributed by atoms with van der Waals surface area (Å²) in [6.07, 6.45) is 4.60. The number of hydrogen-bond acceptors (Lipinski definition) is 2. The highest BCUT2D eigenvalue weighted by molar-refractivity contribution is 5.81. The van der Waals surface area contributed by atoms with E-state index < -0.39 is 0 Å². The van der Waals surface area contributed by atoms with Gasteiger partial charge in [-0.15, -0.1) is 0 Å². The van der Waals surface area contributed by atoms with Gasteiger partial charge in [-0.2, -0.15) is 0 Å². The molecule has 0 radical (unpaired) electrons. The first-order valence-corrected chi connectivity index (χ1v) is 6.80. The molecule has 0 atom stereocenters. The zero-order valence-electron chi connectivity index (χ0n) is 11.6. The van der Waals surface area contributed by atoms with E-state index in [1.54, 1.807) is 0 Å². The van der Waals surface area contributed by atoms with Crippen LogP contribution in [0.4, 0.5) is 0 Å². The first kappa shape index (κ1) is 14.1. The molecule has 2 aromatic carbocycles. The van der Waals surface area contributed by atoms with Crippen molar-refractivity contribution in [1.29, 1.82) is 0 Å². The molecule has 102 valence electrons. The molecule has 0 aromatic heterocycles. The van der Waals surface area contributed by atoms with E-state index in [2.05, 4.69) is 6.92 Å². The van der Waals surface area contributed by atoms with Gasteiger partial charge in [0, 0.05) is 0 Å². The van der Waals surface area contributed by atoms with E-state index in [0.29, 0.717) is 0 Å². The van der Waals surface area contributed by atoms with Crippen molar-refractivity contribution in [2.75, 3.05) is 0 Å². The van der Waals surface area contributed by atoms with Crippen molar-refractivity contribution in [2.24, 2.45) is 0 Å². The Morgan fingerprint density at radius 2 is 1.80 bits per heavy atom. The summed E-state index contributed by atoms with van der Waals surface area (Å²) in [6, 6.07) is 17.4. The summed E-state index contributed by atoms with van der Waals surface area (Å²) in [5, 5.41) is 0. The Bertz CT molecular complexity index is 585. The van der Waals surface area contributed by atoms with Gasteiger partial charge in [0.1, 0.15) is 17.8 Å². The Morgan fingerprint density at radius 3 is 2.50 bits per heavy atom. The lowest BCUT2D eigenvalue weighted by molar-refractivity contribution is -0.105. The number of benzene rings is 2. The van der Waals surface area contributed by atoms with Gasteiger partial charge < -0.3 is 4.74 Å². The molecule has 2 heteroatoms. The van der Waals surface area contributed by atoms with Crippen molar-refractivity contribution in [2.45, 2.75) is 19.8 Å². The van der Waals surface area contributed by atoms with Crippen molar-refractivity contribution in [1.82, 2.24) is 0 Å². The van der Waals surface area contributed by atoms with Crippen LogP contribution >= 0.6 is 0 Å². The number of ether oxygens (including phenoxy) is 1. The summed E-state index contributed by atoms with van der Waals surface area (Å²) in [5.41, 5.74) is 1.79. The fourth-order valence-electron chi connectivity index (χ4n) is 1.96. The standard InChI is InChI=1S/C18H18O2/c1-2-7-16(14-19)12-15-8-6-11-18(13-15)20-17-9-4-3-5-10-17/h3-6,8-14H,2,7H2,1H3. The Kier molecular flexibility index (Phi) is 5.13. The van der Waals surface area contributed by atoms with E-state index in [4.69, 9.17) is 4.74 Å². The molecular weight excluding hydrogens is 248 g/mol. The molecule has 0 unspecified atom stereocenters. The van der Waals surface area contributed by atoms with Crippen LogP contribution < -0.4 is 4.74 Å². The Hall–Kier alpha value is -2.35. The van der Waals surface area contributed by atoms with Crippen molar-refractivity contribution in [3.63, 3.8) is 0 Å². The van der Waals surface area contributed by atoms with E-state index in [9.17, 15) is 4.79 Å². The van der Waals surface area contributed by atoms with E-state index in [1.807, 2.05) is 60.7 Å². The minimum absolute atomic E-state index is 0.770. The third-order valence-corrected chi connectivity index (χ3v) is 2.88. The molecule has 0 spiro atoms. The summed E-state index contributed by atoms with van der Waals surface area (Å²) in [6.45, 7) is 2.06. The highest BCUT2D eigenvalue weighted by Gasteiger charge is 1.99. The van der Waals surface area contributed by atoms with Gasteiger partial charge in [0.05, 0.1) is 0 Å². The van der Waals surface area contributed by atoms with Crippen LogP contribution in [0.2, 0.25) is 0 Å². The molecule has 0 heterocycles. The third kappa shape index (κ3) is 4.09. The molecule has 0 N–H and O–H groups in total. The maximum atomic E-state index is 11.0. The van der Waals surface area contributed by atoms with Gasteiger partial charge in [0.15, 0.2) is 0 Å². The van der Waals surface area contributed by atoms with Crippen molar-refractivity contribution >= 4 is 12.4 Å². The first-order valence-electron chi connectivity index (χ1n) is 6.80. The molecule has 0 saturated carbocycles. The number of carbonyl (C=O) groups is 1. The Labute approximate surface area is 119 Å². The van der Waals surface area contributed by atoms with Crippen LogP contribution in [-0.2, 0) is 4.79 Å². The maximum Gasteiger partial charge on any atom is 0.146 e. The average Bonchev–Trinajstić information content (AvgIpc) is 2.48. The van der Waals surface area contributed by atoms with Gasteiger partial charge in [-0.25, -0.2) is 0 Å². The molecular formula is C18H18O2. The normalized spacial score (nSPS) is 11.2. The fraction of sp³-hybridized carbons (Fsp3) is 0.167. The summed E-state index contributed by atoms with van der Waals surface area (Å²) < 4.78 is 5.78. The van der Waals surface area contributed by atoms with E-state index >= 15 is 0 Å². The molecule has 2 rings (SSSR count). The van der Waals surface area contributed by atoms with Gasteiger partial charge in [0.2, 0.25) is 0 Å². The van der Waals surface area contributed by atoms with E-state index in [1.165, 1.54) is 0 Å². The number of allylic oxidation sites excluding steroid dienone is 1. The molecule has 2 aromatic rings. The van der Waals surface area contributed by atoms with Gasteiger partial charge in [-0.05, 0) is 47.9 Å². The molecule has 0 saturated heterocycles. The SMILES string of the molecule is CCCC(C=O)=Cc1cccc(Oc2ccccc2)c1. The van der Waals surface area contributed by atoms with Crippen LogP contribution in [0.25, 0.3) is 6.08 Å². The highest BCUT2D eigenvalue weighted by Crippen LogP contribution is 2.23. The Balaban J connectivity index is 2.17. The summed E-state index contributed by atoms with van der Waals surface area (Å²) in [5.74, 6) is 1.57. The molecule has 0 aliphatic carbocycles. The molecule has 0 amide bonds. The van der Waals surface area contributed by atoms with Crippen molar-refractivity contribution < 1.29 is 9.53 Å². The smallest absolute Gasteiger partial charge is 0.146 e. The topological polar surface area (TPSA) is 26.3 Å². The van der Waals surface area contributed by atoms with Gasteiger partial charge in [-0.3, -0.25) is 4.79 Å². The lowest BCUT2D eigenvalue weighted by Crippen LogP contribution is -1.87. The number of para-hydroxylation sites is 1. The second-order valence-corrected chi connectivity index (χ2v) is 4.57. The van der Waals surface area contributed by atoms with E-state index in [0.717, 1.165) is 41.8 Å². The maximum absolute atomic E-state index is 11.0. The van der Waals surface area contributed by atoms with Crippen molar-refractivity contribution in [3.8, 4) is 11.5 Å². The Morgan fingerprint density at radius 1 is 1.05 bits per heavy atom. The minimum Gasteiger partial charge on any atom is -0.457 e. The summed E-state index contributed by atoms with van der Waals surface area (Å²) in [4.78, 5) is 11.0. The second-order valence-electron chi connectivity index (χ2n) is 4.57. The molecule has 0 fully saturated rings. The molecule has 0 aliphatic heterocycles. The van der Waals surface area contributed by atoms with E-state index in [-0.39, 0.29) is 0 Å². The summed E-state index contributed by atoms with van der Waals surface area (Å²) >= 11 is 0. The quantitative estimate of drug-likeness (QED) is 0.551. The third-order valence-electron chi connectivity index (χ3n) is 2.88.